The molecule has 0 aliphatic rings. The van der Waals surface area contributed by atoms with E-state index >= 15 is 0 Å². The molecule has 35 heavy (non-hydrogen) atoms. The van der Waals surface area contributed by atoms with Crippen LogP contribution in [0.5, 0.6) is 0 Å². The molecule has 0 aliphatic heterocycles. The maximum absolute atomic E-state index is 14.3. The lowest BCUT2D eigenvalue weighted by Crippen LogP contribution is -2.12. The maximum Gasteiger partial charge on any atom is 0.255 e. The summed E-state index contributed by atoms with van der Waals surface area (Å²) in [5, 5.41) is 3.47. The number of imidazole rings is 1. The summed E-state index contributed by atoms with van der Waals surface area (Å²) in [6.07, 6.45) is 0. The van der Waals surface area contributed by atoms with E-state index in [1.165, 1.54) is 12.1 Å². The number of carbonyl (C=O) groups is 1. The van der Waals surface area contributed by atoms with Gasteiger partial charge in [-0.15, -0.1) is 0 Å². The third-order valence-electron chi connectivity index (χ3n) is 5.41. The Bertz CT molecular complexity index is 1520. The molecule has 5 nitrogen and oxygen atoms in total. The van der Waals surface area contributed by atoms with Crippen LogP contribution < -0.4 is 10.0 Å². The number of amides is 1. The first-order valence-corrected chi connectivity index (χ1v) is 12.0. The van der Waals surface area contributed by atoms with E-state index in [9.17, 15) is 9.18 Å². The fourth-order valence-corrected chi connectivity index (χ4v) is 4.58. The molecule has 5 rings (SSSR count). The van der Waals surface area contributed by atoms with Crippen LogP contribution in [0.25, 0.3) is 16.7 Å². The van der Waals surface area contributed by atoms with Crippen molar-refractivity contribution in [3.8, 4) is 5.69 Å². The second kappa shape index (κ2) is 9.82. The van der Waals surface area contributed by atoms with E-state index in [1.807, 2.05) is 47.9 Å². The van der Waals surface area contributed by atoms with Gasteiger partial charge in [0.1, 0.15) is 11.6 Å². The van der Waals surface area contributed by atoms with Crippen LogP contribution >= 0.6 is 23.5 Å². The molecule has 174 valence electrons. The molecule has 1 heterocycles. The second-order valence-corrected chi connectivity index (χ2v) is 9.13. The van der Waals surface area contributed by atoms with E-state index in [-0.39, 0.29) is 5.91 Å². The summed E-state index contributed by atoms with van der Waals surface area (Å²) in [6.45, 7) is 1.93. The number of benzene rings is 4. The van der Waals surface area contributed by atoms with Crippen LogP contribution in [-0.2, 0) is 0 Å². The summed E-state index contributed by atoms with van der Waals surface area (Å²) >= 11 is 7.02. The SMILES string of the molecule is Cc1nc2cc(C(=O)Nc3ccc(F)c(SNc4ccc(Cl)cc4)c3)ccc2n1-c1ccccc1. The smallest absolute Gasteiger partial charge is 0.255 e. The first-order valence-electron chi connectivity index (χ1n) is 10.8. The molecule has 1 amide bonds. The van der Waals surface area contributed by atoms with E-state index in [2.05, 4.69) is 15.0 Å². The molecule has 2 N–H and O–H groups in total. The summed E-state index contributed by atoms with van der Waals surface area (Å²) in [5.74, 6) is 0.141. The Hall–Kier alpha value is -3.81. The number of aryl methyl sites for hydroxylation is 1. The summed E-state index contributed by atoms with van der Waals surface area (Å²) in [6, 6.07) is 26.9. The normalized spacial score (nSPS) is 10.9. The lowest BCUT2D eigenvalue weighted by atomic mass is 10.1. The minimum Gasteiger partial charge on any atom is -0.326 e. The van der Waals surface area contributed by atoms with Gasteiger partial charge in [-0.25, -0.2) is 9.37 Å². The van der Waals surface area contributed by atoms with Gasteiger partial charge in [0.15, 0.2) is 0 Å². The average Bonchev–Trinajstić information content (AvgIpc) is 3.20. The molecule has 5 aromatic rings. The highest BCUT2D eigenvalue weighted by Gasteiger charge is 2.14. The van der Waals surface area contributed by atoms with Gasteiger partial charge >= 0.3 is 0 Å². The minimum atomic E-state index is -0.391. The molecule has 0 radical (unpaired) electrons. The first-order chi connectivity index (χ1) is 17.0. The van der Waals surface area contributed by atoms with Crippen molar-refractivity contribution in [3.63, 3.8) is 0 Å². The Morgan fingerprint density at radius 1 is 0.943 bits per heavy atom. The number of fused-ring (bicyclic) bond motifs is 1. The highest BCUT2D eigenvalue weighted by Crippen LogP contribution is 2.28. The molecule has 8 heteroatoms. The van der Waals surface area contributed by atoms with Crippen LogP contribution in [0.3, 0.4) is 0 Å². The van der Waals surface area contributed by atoms with E-state index in [0.29, 0.717) is 21.2 Å². The predicted molar refractivity (Wildman–Crippen MR) is 141 cm³/mol. The number of hydrogen-bond donors (Lipinski definition) is 2. The third-order valence-corrected chi connectivity index (χ3v) is 6.53. The maximum atomic E-state index is 14.3. The zero-order valence-electron chi connectivity index (χ0n) is 18.6. The topological polar surface area (TPSA) is 59.0 Å². The molecular weight excluding hydrogens is 483 g/mol. The fraction of sp³-hybridized carbons (Fsp3) is 0.0370. The van der Waals surface area contributed by atoms with Gasteiger partial charge in [-0.05, 0) is 91.7 Å². The molecule has 0 unspecified atom stereocenters. The molecule has 0 aliphatic carbocycles. The lowest BCUT2D eigenvalue weighted by molar-refractivity contribution is 0.102. The standard InChI is InChI=1S/C27H20ClFN4OS/c1-17-30-24-15-18(7-14-25(24)33(17)22-5-3-2-4-6-22)27(34)31-21-12-13-23(29)26(16-21)35-32-20-10-8-19(28)9-11-20/h2-16,32H,1H3,(H,31,34). The molecule has 0 saturated carbocycles. The molecule has 0 bridgehead atoms. The van der Waals surface area contributed by atoms with Crippen molar-refractivity contribution in [3.05, 3.63) is 113 Å². The highest BCUT2D eigenvalue weighted by molar-refractivity contribution is 8.00. The van der Waals surface area contributed by atoms with Crippen LogP contribution in [0.2, 0.25) is 5.02 Å². The van der Waals surface area contributed by atoms with Crippen molar-refractivity contribution < 1.29 is 9.18 Å². The second-order valence-electron chi connectivity index (χ2n) is 7.84. The van der Waals surface area contributed by atoms with E-state index in [1.54, 1.807) is 42.5 Å². The minimum absolute atomic E-state index is 0.299. The van der Waals surface area contributed by atoms with Gasteiger partial charge in [0.05, 0.1) is 15.9 Å². The Labute approximate surface area is 211 Å². The van der Waals surface area contributed by atoms with E-state index in [0.717, 1.165) is 40.2 Å². The summed E-state index contributed by atoms with van der Waals surface area (Å²) < 4.78 is 19.5. The van der Waals surface area contributed by atoms with Crippen molar-refractivity contribution in [2.24, 2.45) is 0 Å². The van der Waals surface area contributed by atoms with E-state index in [4.69, 9.17) is 11.6 Å². The van der Waals surface area contributed by atoms with Gasteiger partial charge in [0, 0.05) is 27.6 Å². The van der Waals surface area contributed by atoms with Gasteiger partial charge in [-0.1, -0.05) is 29.8 Å². The van der Waals surface area contributed by atoms with Gasteiger partial charge in [0.25, 0.3) is 5.91 Å². The molecule has 0 fully saturated rings. The van der Waals surface area contributed by atoms with Crippen molar-refractivity contribution in [1.29, 1.82) is 0 Å². The molecule has 0 spiro atoms. The van der Waals surface area contributed by atoms with Gasteiger partial charge in [-0.2, -0.15) is 0 Å². The summed E-state index contributed by atoms with van der Waals surface area (Å²) in [7, 11) is 0. The number of nitrogens with one attached hydrogen (secondary N) is 2. The van der Waals surface area contributed by atoms with Crippen LogP contribution in [0.1, 0.15) is 16.2 Å². The van der Waals surface area contributed by atoms with E-state index < -0.39 is 5.82 Å². The Balaban J connectivity index is 1.34. The average molecular weight is 503 g/mol. The number of para-hydroxylation sites is 1. The summed E-state index contributed by atoms with van der Waals surface area (Å²) in [4.78, 5) is 17.9. The van der Waals surface area contributed by atoms with Gasteiger partial charge in [-0.3, -0.25) is 9.36 Å². The quantitative estimate of drug-likeness (QED) is 0.236. The largest absolute Gasteiger partial charge is 0.326 e. The van der Waals surface area contributed by atoms with Crippen molar-refractivity contribution in [1.82, 2.24) is 9.55 Å². The van der Waals surface area contributed by atoms with Crippen molar-refractivity contribution in [2.75, 3.05) is 10.0 Å². The number of halogens is 2. The third kappa shape index (κ3) is 5.01. The number of nitrogens with zero attached hydrogens (tertiary/aromatic N) is 2. The monoisotopic (exact) mass is 502 g/mol. The Morgan fingerprint density at radius 3 is 2.46 bits per heavy atom. The molecule has 1 aromatic heterocycles. The number of rotatable bonds is 6. The molecule has 0 atom stereocenters. The summed E-state index contributed by atoms with van der Waals surface area (Å²) in [5.41, 5.74) is 4.39. The van der Waals surface area contributed by atoms with Crippen molar-refractivity contribution >= 4 is 51.9 Å². The molecular formula is C27H20ClFN4OS. The Kier molecular flexibility index (Phi) is 6.44. The number of anilines is 2. The predicted octanol–water partition coefficient (Wildman–Crippen LogP) is 7.50. The zero-order chi connectivity index (χ0) is 24.4. The fourth-order valence-electron chi connectivity index (χ4n) is 3.74. The van der Waals surface area contributed by atoms with Crippen molar-refractivity contribution in [2.45, 2.75) is 11.8 Å². The van der Waals surface area contributed by atoms with Crippen LogP contribution in [-0.4, -0.2) is 15.5 Å². The van der Waals surface area contributed by atoms with Crippen LogP contribution in [0, 0.1) is 12.7 Å². The van der Waals surface area contributed by atoms with Gasteiger partial charge in [0.2, 0.25) is 0 Å². The molecule has 0 saturated heterocycles. The Morgan fingerprint density at radius 2 is 1.69 bits per heavy atom. The van der Waals surface area contributed by atoms with Crippen LogP contribution in [0.15, 0.2) is 95.9 Å². The molecule has 4 aromatic carbocycles. The van der Waals surface area contributed by atoms with Gasteiger partial charge < -0.3 is 10.0 Å². The van der Waals surface area contributed by atoms with Crippen LogP contribution in [0.4, 0.5) is 15.8 Å². The first kappa shape index (κ1) is 23.0. The zero-order valence-corrected chi connectivity index (χ0v) is 20.2. The number of hydrogen-bond acceptors (Lipinski definition) is 4. The lowest BCUT2D eigenvalue weighted by Gasteiger charge is -2.10. The number of aromatic nitrogens is 2. The highest BCUT2D eigenvalue weighted by atomic mass is 35.5. The number of carbonyl (C=O) groups excluding carboxylic acids is 1.